The minimum absolute atomic E-state index is 0.579. The number of ether oxygens (including phenoxy) is 1. The van der Waals surface area contributed by atoms with Gasteiger partial charge in [0.05, 0.1) is 7.11 Å². The highest BCUT2D eigenvalue weighted by molar-refractivity contribution is 6.30. The van der Waals surface area contributed by atoms with Gasteiger partial charge >= 0.3 is 0 Å². The van der Waals surface area contributed by atoms with E-state index in [1.54, 1.807) is 7.11 Å². The molecule has 2 nitrogen and oxygen atoms in total. The summed E-state index contributed by atoms with van der Waals surface area (Å²) in [5.74, 6) is 1.62. The van der Waals surface area contributed by atoms with Crippen molar-refractivity contribution < 1.29 is 4.74 Å². The third kappa shape index (κ3) is 2.75. The van der Waals surface area contributed by atoms with Crippen LogP contribution < -0.4 is 10.1 Å². The highest BCUT2D eigenvalue weighted by atomic mass is 35.5. The van der Waals surface area contributed by atoms with Gasteiger partial charge in [0.1, 0.15) is 5.75 Å². The Morgan fingerprint density at radius 1 is 1.35 bits per heavy atom. The van der Waals surface area contributed by atoms with Crippen LogP contribution in [0.4, 0.5) is 0 Å². The third-order valence-corrected chi connectivity index (χ3v) is 3.74. The topological polar surface area (TPSA) is 21.3 Å². The predicted molar refractivity (Wildman–Crippen MR) is 72.2 cm³/mol. The van der Waals surface area contributed by atoms with Crippen LogP contribution in [0.3, 0.4) is 0 Å². The summed E-state index contributed by atoms with van der Waals surface area (Å²) in [5.41, 5.74) is 2.51. The fourth-order valence-corrected chi connectivity index (χ4v) is 2.87. The minimum Gasteiger partial charge on any atom is -0.496 e. The Hall–Kier alpha value is -0.730. The van der Waals surface area contributed by atoms with Crippen molar-refractivity contribution in [3.05, 3.63) is 28.3 Å². The summed E-state index contributed by atoms with van der Waals surface area (Å²) in [7, 11) is 1.76. The van der Waals surface area contributed by atoms with E-state index in [2.05, 4.69) is 18.3 Å². The number of hydrogen-bond donors (Lipinski definition) is 1. The van der Waals surface area contributed by atoms with E-state index in [0.29, 0.717) is 5.92 Å². The highest BCUT2D eigenvalue weighted by Gasteiger charge is 2.21. The molecule has 2 rings (SSSR count). The van der Waals surface area contributed by atoms with Gasteiger partial charge in [-0.05, 0) is 61.5 Å². The number of benzene rings is 1. The number of methoxy groups -OCH3 is 1. The first-order valence-electron chi connectivity index (χ1n) is 6.33. The van der Waals surface area contributed by atoms with Crippen molar-refractivity contribution in [2.24, 2.45) is 0 Å². The second-order valence-electron chi connectivity index (χ2n) is 4.57. The van der Waals surface area contributed by atoms with Crippen molar-refractivity contribution >= 4 is 11.6 Å². The van der Waals surface area contributed by atoms with E-state index in [-0.39, 0.29) is 0 Å². The molecule has 1 fully saturated rings. The fraction of sp³-hybridized carbons (Fsp3) is 0.571. The maximum atomic E-state index is 6.21. The summed E-state index contributed by atoms with van der Waals surface area (Å²) >= 11 is 6.21. The molecule has 1 aliphatic rings. The van der Waals surface area contributed by atoms with Crippen LogP contribution in [0.1, 0.15) is 36.8 Å². The number of aryl methyl sites for hydroxylation is 1. The molecule has 1 N–H and O–H groups in total. The number of rotatable bonds is 3. The Labute approximate surface area is 108 Å². The Kier molecular flexibility index (Phi) is 4.30. The lowest BCUT2D eigenvalue weighted by molar-refractivity contribution is 0.387. The van der Waals surface area contributed by atoms with Crippen molar-refractivity contribution in [3.63, 3.8) is 0 Å². The van der Waals surface area contributed by atoms with Gasteiger partial charge in [0.2, 0.25) is 0 Å². The molecule has 0 atom stereocenters. The van der Waals surface area contributed by atoms with Gasteiger partial charge in [-0.3, -0.25) is 0 Å². The molecule has 17 heavy (non-hydrogen) atoms. The molecule has 1 heterocycles. The summed E-state index contributed by atoms with van der Waals surface area (Å²) in [6.45, 7) is 4.31. The molecule has 3 heteroatoms. The predicted octanol–water partition coefficient (Wildman–Crippen LogP) is 3.38. The average Bonchev–Trinajstić information content (AvgIpc) is 2.38. The first kappa shape index (κ1) is 12.7. The van der Waals surface area contributed by atoms with Gasteiger partial charge < -0.3 is 10.1 Å². The molecule has 0 unspecified atom stereocenters. The van der Waals surface area contributed by atoms with Crippen LogP contribution in [0.25, 0.3) is 0 Å². The zero-order chi connectivity index (χ0) is 12.3. The van der Waals surface area contributed by atoms with Crippen molar-refractivity contribution in [2.45, 2.75) is 32.1 Å². The summed E-state index contributed by atoms with van der Waals surface area (Å²) in [6, 6.07) is 4.10. The number of piperidine rings is 1. The Morgan fingerprint density at radius 2 is 2.06 bits per heavy atom. The standard InChI is InChI=1S/C14H20ClNO/c1-3-10-8-12(15)9-13(14(10)17-2)11-4-6-16-7-5-11/h8-9,11,16H,3-7H2,1-2H3. The molecule has 94 valence electrons. The van der Waals surface area contributed by atoms with Crippen LogP contribution in [0.5, 0.6) is 5.75 Å². The number of nitrogens with one attached hydrogen (secondary N) is 1. The fourth-order valence-electron chi connectivity index (χ4n) is 2.62. The van der Waals surface area contributed by atoms with Gasteiger partial charge in [0.15, 0.2) is 0 Å². The first-order valence-corrected chi connectivity index (χ1v) is 6.71. The van der Waals surface area contributed by atoms with Crippen LogP contribution in [0, 0.1) is 0 Å². The van der Waals surface area contributed by atoms with E-state index < -0.39 is 0 Å². The summed E-state index contributed by atoms with van der Waals surface area (Å²) in [5, 5.41) is 4.22. The molecular formula is C14H20ClNO. The van der Waals surface area contributed by atoms with E-state index >= 15 is 0 Å². The van der Waals surface area contributed by atoms with Crippen LogP contribution in [0.2, 0.25) is 5.02 Å². The SMILES string of the molecule is CCc1cc(Cl)cc(C2CCNCC2)c1OC. The maximum absolute atomic E-state index is 6.21. The highest BCUT2D eigenvalue weighted by Crippen LogP contribution is 2.37. The normalized spacial score (nSPS) is 17.1. The van der Waals surface area contributed by atoms with Crippen LogP contribution >= 0.6 is 11.6 Å². The molecule has 1 aliphatic heterocycles. The van der Waals surface area contributed by atoms with E-state index in [0.717, 1.165) is 30.3 Å². The molecule has 0 aromatic heterocycles. The van der Waals surface area contributed by atoms with Crippen LogP contribution in [-0.4, -0.2) is 20.2 Å². The molecule has 0 bridgehead atoms. The molecule has 0 spiro atoms. The Morgan fingerprint density at radius 3 is 2.65 bits per heavy atom. The molecule has 1 aromatic rings. The summed E-state index contributed by atoms with van der Waals surface area (Å²) in [4.78, 5) is 0. The molecule has 1 aromatic carbocycles. The van der Waals surface area contributed by atoms with Crippen LogP contribution in [-0.2, 0) is 6.42 Å². The second-order valence-corrected chi connectivity index (χ2v) is 5.00. The maximum Gasteiger partial charge on any atom is 0.125 e. The van der Waals surface area contributed by atoms with Gasteiger partial charge in [-0.25, -0.2) is 0 Å². The third-order valence-electron chi connectivity index (χ3n) is 3.52. The monoisotopic (exact) mass is 253 g/mol. The van der Waals surface area contributed by atoms with E-state index in [1.165, 1.54) is 24.0 Å². The van der Waals surface area contributed by atoms with E-state index in [1.807, 2.05) is 6.07 Å². The second kappa shape index (κ2) is 5.74. The summed E-state index contributed by atoms with van der Waals surface area (Å²) in [6.07, 6.45) is 3.29. The largest absolute Gasteiger partial charge is 0.496 e. The molecular weight excluding hydrogens is 234 g/mol. The lowest BCUT2D eigenvalue weighted by Crippen LogP contribution is -2.27. The van der Waals surface area contributed by atoms with E-state index in [4.69, 9.17) is 16.3 Å². The van der Waals surface area contributed by atoms with Gasteiger partial charge in [0, 0.05) is 5.02 Å². The number of hydrogen-bond acceptors (Lipinski definition) is 2. The van der Waals surface area contributed by atoms with Crippen molar-refractivity contribution in [2.75, 3.05) is 20.2 Å². The van der Waals surface area contributed by atoms with E-state index in [9.17, 15) is 0 Å². The molecule has 0 amide bonds. The quantitative estimate of drug-likeness (QED) is 0.892. The van der Waals surface area contributed by atoms with Crippen LogP contribution in [0.15, 0.2) is 12.1 Å². The minimum atomic E-state index is 0.579. The van der Waals surface area contributed by atoms with Gasteiger partial charge in [-0.2, -0.15) is 0 Å². The number of halogens is 1. The Bertz CT molecular complexity index is 386. The molecule has 0 radical (unpaired) electrons. The first-order chi connectivity index (χ1) is 8.26. The molecule has 0 saturated carbocycles. The molecule has 0 aliphatic carbocycles. The van der Waals surface area contributed by atoms with Crippen molar-refractivity contribution in [3.8, 4) is 5.75 Å². The lowest BCUT2D eigenvalue weighted by Gasteiger charge is -2.26. The molecule has 1 saturated heterocycles. The average molecular weight is 254 g/mol. The zero-order valence-electron chi connectivity index (χ0n) is 10.6. The Balaban J connectivity index is 2.39. The van der Waals surface area contributed by atoms with Gasteiger partial charge in [-0.1, -0.05) is 18.5 Å². The lowest BCUT2D eigenvalue weighted by atomic mass is 9.88. The zero-order valence-corrected chi connectivity index (χ0v) is 11.3. The summed E-state index contributed by atoms with van der Waals surface area (Å²) < 4.78 is 5.60. The smallest absolute Gasteiger partial charge is 0.125 e. The van der Waals surface area contributed by atoms with Crippen molar-refractivity contribution in [1.29, 1.82) is 0 Å². The van der Waals surface area contributed by atoms with Gasteiger partial charge in [-0.15, -0.1) is 0 Å². The van der Waals surface area contributed by atoms with Crippen molar-refractivity contribution in [1.82, 2.24) is 5.32 Å². The van der Waals surface area contributed by atoms with Gasteiger partial charge in [0.25, 0.3) is 0 Å².